The molecule has 1 aromatic carbocycles. The van der Waals surface area contributed by atoms with Crippen LogP contribution in [0.5, 0.6) is 0 Å². The first-order chi connectivity index (χ1) is 7.11. The molecule has 0 aliphatic carbocycles. The largest absolute Gasteiger partial charge is 0.399 e. The van der Waals surface area contributed by atoms with Crippen LogP contribution in [0.15, 0.2) is 24.3 Å². The first kappa shape index (κ1) is 11.6. The van der Waals surface area contributed by atoms with Crippen LogP contribution in [-0.4, -0.2) is 11.9 Å². The molecule has 0 bridgehead atoms. The van der Waals surface area contributed by atoms with Gasteiger partial charge < -0.3 is 11.1 Å². The van der Waals surface area contributed by atoms with Crippen molar-refractivity contribution in [3.63, 3.8) is 0 Å². The number of carbonyl (C=O) groups is 1. The zero-order chi connectivity index (χ0) is 11.3. The molecule has 1 atom stereocenters. The third-order valence-corrected chi connectivity index (χ3v) is 2.36. The molecule has 0 saturated heterocycles. The molecule has 0 saturated carbocycles. The molecule has 82 valence electrons. The standard InChI is InChI=1S/C12H18N2O/c1-3-9(2)14-12(15)8-10-4-6-11(13)7-5-10/h4-7,9H,3,8,13H2,1-2H3,(H,14,15). The van der Waals surface area contributed by atoms with Crippen molar-refractivity contribution < 1.29 is 4.79 Å². The van der Waals surface area contributed by atoms with Crippen LogP contribution >= 0.6 is 0 Å². The van der Waals surface area contributed by atoms with E-state index in [9.17, 15) is 4.79 Å². The van der Waals surface area contributed by atoms with Crippen molar-refractivity contribution in [2.75, 3.05) is 5.73 Å². The summed E-state index contributed by atoms with van der Waals surface area (Å²) in [4.78, 5) is 11.5. The van der Waals surface area contributed by atoms with E-state index >= 15 is 0 Å². The summed E-state index contributed by atoms with van der Waals surface area (Å²) >= 11 is 0. The average Bonchev–Trinajstić information content (AvgIpc) is 2.21. The number of carbonyl (C=O) groups excluding carboxylic acids is 1. The summed E-state index contributed by atoms with van der Waals surface area (Å²) < 4.78 is 0. The van der Waals surface area contributed by atoms with Crippen molar-refractivity contribution in [3.8, 4) is 0 Å². The van der Waals surface area contributed by atoms with Gasteiger partial charge in [0.2, 0.25) is 5.91 Å². The van der Waals surface area contributed by atoms with Crippen LogP contribution < -0.4 is 11.1 Å². The highest BCUT2D eigenvalue weighted by molar-refractivity contribution is 5.78. The summed E-state index contributed by atoms with van der Waals surface area (Å²) in [6, 6.07) is 7.63. The van der Waals surface area contributed by atoms with E-state index in [2.05, 4.69) is 5.32 Å². The Morgan fingerprint density at radius 3 is 2.53 bits per heavy atom. The fraction of sp³-hybridized carbons (Fsp3) is 0.417. The summed E-state index contributed by atoms with van der Waals surface area (Å²) in [7, 11) is 0. The van der Waals surface area contributed by atoms with Gasteiger partial charge in [0.25, 0.3) is 0 Å². The van der Waals surface area contributed by atoms with Gasteiger partial charge in [0.1, 0.15) is 0 Å². The number of hydrogen-bond acceptors (Lipinski definition) is 2. The molecule has 1 unspecified atom stereocenters. The minimum Gasteiger partial charge on any atom is -0.399 e. The van der Waals surface area contributed by atoms with Crippen LogP contribution in [0.2, 0.25) is 0 Å². The quantitative estimate of drug-likeness (QED) is 0.737. The van der Waals surface area contributed by atoms with E-state index < -0.39 is 0 Å². The van der Waals surface area contributed by atoms with Crippen LogP contribution in [0.3, 0.4) is 0 Å². The van der Waals surface area contributed by atoms with Gasteiger partial charge in [0.15, 0.2) is 0 Å². The number of amides is 1. The van der Waals surface area contributed by atoms with E-state index in [4.69, 9.17) is 5.73 Å². The minimum atomic E-state index is 0.0640. The predicted molar refractivity (Wildman–Crippen MR) is 62.5 cm³/mol. The van der Waals surface area contributed by atoms with Crippen molar-refractivity contribution in [1.29, 1.82) is 0 Å². The summed E-state index contributed by atoms with van der Waals surface area (Å²) in [6.45, 7) is 4.05. The smallest absolute Gasteiger partial charge is 0.224 e. The SMILES string of the molecule is CCC(C)NC(=O)Cc1ccc(N)cc1. The zero-order valence-electron chi connectivity index (χ0n) is 9.29. The molecule has 15 heavy (non-hydrogen) atoms. The van der Waals surface area contributed by atoms with Crippen molar-refractivity contribution in [3.05, 3.63) is 29.8 Å². The molecule has 3 nitrogen and oxygen atoms in total. The molecule has 3 N–H and O–H groups in total. The van der Waals surface area contributed by atoms with Gasteiger partial charge in [-0.25, -0.2) is 0 Å². The third-order valence-electron chi connectivity index (χ3n) is 2.36. The van der Waals surface area contributed by atoms with Gasteiger partial charge in [-0.3, -0.25) is 4.79 Å². The maximum Gasteiger partial charge on any atom is 0.224 e. The van der Waals surface area contributed by atoms with Crippen LogP contribution in [0, 0.1) is 0 Å². The summed E-state index contributed by atoms with van der Waals surface area (Å²) in [5, 5.41) is 2.92. The lowest BCUT2D eigenvalue weighted by Crippen LogP contribution is -2.33. The van der Waals surface area contributed by atoms with Crippen LogP contribution in [0.1, 0.15) is 25.8 Å². The second-order valence-electron chi connectivity index (χ2n) is 3.80. The van der Waals surface area contributed by atoms with E-state index in [1.165, 1.54) is 0 Å². The maximum atomic E-state index is 11.5. The molecule has 1 rings (SSSR count). The van der Waals surface area contributed by atoms with E-state index in [0.29, 0.717) is 6.42 Å². The second kappa shape index (κ2) is 5.39. The maximum absolute atomic E-state index is 11.5. The summed E-state index contributed by atoms with van der Waals surface area (Å²) in [6.07, 6.45) is 1.37. The lowest BCUT2D eigenvalue weighted by molar-refractivity contribution is -0.121. The number of hydrogen-bond donors (Lipinski definition) is 2. The van der Waals surface area contributed by atoms with Gasteiger partial charge in [-0.15, -0.1) is 0 Å². The molecule has 0 radical (unpaired) electrons. The Morgan fingerprint density at radius 2 is 2.00 bits per heavy atom. The fourth-order valence-corrected chi connectivity index (χ4v) is 1.25. The van der Waals surface area contributed by atoms with Crippen molar-refractivity contribution in [2.24, 2.45) is 0 Å². The summed E-state index contributed by atoms with van der Waals surface area (Å²) in [5.74, 6) is 0.0640. The number of anilines is 1. The lowest BCUT2D eigenvalue weighted by atomic mass is 10.1. The molecular formula is C12H18N2O. The van der Waals surface area contributed by atoms with Gasteiger partial charge in [-0.2, -0.15) is 0 Å². The molecule has 0 spiro atoms. The Balaban J connectivity index is 2.48. The number of rotatable bonds is 4. The molecule has 0 aliphatic rings. The Bertz CT molecular complexity index is 319. The van der Waals surface area contributed by atoms with Crippen molar-refractivity contribution in [2.45, 2.75) is 32.7 Å². The molecule has 1 aromatic rings. The Kier molecular flexibility index (Phi) is 4.16. The normalized spacial score (nSPS) is 12.1. The van der Waals surface area contributed by atoms with E-state index in [-0.39, 0.29) is 11.9 Å². The Hall–Kier alpha value is -1.51. The minimum absolute atomic E-state index is 0.0640. The zero-order valence-corrected chi connectivity index (χ0v) is 9.29. The van der Waals surface area contributed by atoms with Gasteiger partial charge in [0.05, 0.1) is 6.42 Å². The molecule has 1 amide bonds. The van der Waals surface area contributed by atoms with Gasteiger partial charge in [-0.1, -0.05) is 19.1 Å². The van der Waals surface area contributed by atoms with E-state index in [1.54, 1.807) is 0 Å². The van der Waals surface area contributed by atoms with Crippen LogP contribution in [-0.2, 0) is 11.2 Å². The van der Waals surface area contributed by atoms with Crippen LogP contribution in [0.4, 0.5) is 5.69 Å². The van der Waals surface area contributed by atoms with E-state index in [1.807, 2.05) is 38.1 Å². The second-order valence-corrected chi connectivity index (χ2v) is 3.80. The lowest BCUT2D eigenvalue weighted by Gasteiger charge is -2.11. The van der Waals surface area contributed by atoms with Gasteiger partial charge >= 0.3 is 0 Å². The molecular weight excluding hydrogens is 188 g/mol. The Labute approximate surface area is 90.7 Å². The fourth-order valence-electron chi connectivity index (χ4n) is 1.25. The van der Waals surface area contributed by atoms with Gasteiger partial charge in [0, 0.05) is 11.7 Å². The molecule has 0 aliphatic heterocycles. The predicted octanol–water partition coefficient (Wildman–Crippen LogP) is 1.73. The van der Waals surface area contributed by atoms with Crippen molar-refractivity contribution in [1.82, 2.24) is 5.32 Å². The number of nitrogen functional groups attached to an aromatic ring is 1. The Morgan fingerprint density at radius 1 is 1.40 bits per heavy atom. The highest BCUT2D eigenvalue weighted by atomic mass is 16.1. The molecule has 0 fully saturated rings. The first-order valence-corrected chi connectivity index (χ1v) is 5.25. The van der Waals surface area contributed by atoms with Gasteiger partial charge in [-0.05, 0) is 31.0 Å². The highest BCUT2D eigenvalue weighted by Gasteiger charge is 2.05. The number of benzene rings is 1. The highest BCUT2D eigenvalue weighted by Crippen LogP contribution is 2.06. The van der Waals surface area contributed by atoms with Crippen molar-refractivity contribution >= 4 is 11.6 Å². The average molecular weight is 206 g/mol. The topological polar surface area (TPSA) is 55.1 Å². The van der Waals surface area contributed by atoms with Crippen LogP contribution in [0.25, 0.3) is 0 Å². The third kappa shape index (κ3) is 4.02. The first-order valence-electron chi connectivity index (χ1n) is 5.25. The number of nitrogens with two attached hydrogens (primary N) is 1. The van der Waals surface area contributed by atoms with E-state index in [0.717, 1.165) is 17.7 Å². The molecule has 0 heterocycles. The summed E-state index contributed by atoms with van der Waals surface area (Å²) in [5.41, 5.74) is 7.27. The molecule has 0 aromatic heterocycles. The molecule has 3 heteroatoms. The number of nitrogens with one attached hydrogen (secondary N) is 1. The monoisotopic (exact) mass is 206 g/mol.